The van der Waals surface area contributed by atoms with Gasteiger partial charge in [-0.25, -0.2) is 4.98 Å². The smallest absolute Gasteiger partial charge is 0.254 e. The van der Waals surface area contributed by atoms with Crippen LogP contribution in [0.3, 0.4) is 0 Å². The molecule has 0 aromatic carbocycles. The molecule has 0 radical (unpaired) electrons. The normalized spacial score (nSPS) is 12.0. The molecule has 2 N–H and O–H groups in total. The van der Waals surface area contributed by atoms with Crippen LogP contribution in [0.2, 0.25) is 0 Å². The van der Waals surface area contributed by atoms with E-state index in [1.165, 1.54) is 4.90 Å². The molecule has 0 saturated carbocycles. The summed E-state index contributed by atoms with van der Waals surface area (Å²) in [7, 11) is 3.43. The number of anilines is 1. The number of aliphatic hydroxyl groups excluding tert-OH is 1. The molecule has 5 heteroatoms. The predicted octanol–water partition coefficient (Wildman–Crippen LogP) is 1.21. The second-order valence-electron chi connectivity index (χ2n) is 4.63. The van der Waals surface area contributed by atoms with E-state index in [2.05, 4.69) is 17.2 Å². The highest BCUT2D eigenvalue weighted by atomic mass is 16.3. The number of hydrogen-bond donors (Lipinski definition) is 2. The number of carbonyl (C=O) groups excluding carboxylic acids is 1. The molecular formula is C13H21N3O2. The zero-order valence-corrected chi connectivity index (χ0v) is 11.2. The second-order valence-corrected chi connectivity index (χ2v) is 4.63. The summed E-state index contributed by atoms with van der Waals surface area (Å²) in [6.45, 7) is 3.02. The van der Waals surface area contributed by atoms with Crippen LogP contribution in [-0.2, 0) is 0 Å². The Morgan fingerprint density at radius 2 is 2.22 bits per heavy atom. The maximum atomic E-state index is 11.6. The van der Waals surface area contributed by atoms with Crippen LogP contribution in [0.5, 0.6) is 0 Å². The number of carbonyl (C=O) groups is 1. The topological polar surface area (TPSA) is 65.5 Å². The standard InChI is InChI=1S/C13H21N3O2/c1-10(6-7-17)8-14-12-5-4-11(9-15-12)13(18)16(2)3/h4-5,9-10,17H,6-8H2,1-3H3,(H,14,15). The van der Waals surface area contributed by atoms with Crippen molar-refractivity contribution in [2.45, 2.75) is 13.3 Å². The van der Waals surface area contributed by atoms with Crippen molar-refractivity contribution in [2.24, 2.45) is 5.92 Å². The Morgan fingerprint density at radius 3 is 2.72 bits per heavy atom. The fraction of sp³-hybridized carbons (Fsp3) is 0.538. The van der Waals surface area contributed by atoms with Gasteiger partial charge in [0.25, 0.3) is 5.91 Å². The summed E-state index contributed by atoms with van der Waals surface area (Å²) in [5.74, 6) is 1.08. The lowest BCUT2D eigenvalue weighted by atomic mass is 10.1. The summed E-state index contributed by atoms with van der Waals surface area (Å²) in [4.78, 5) is 17.4. The molecule has 1 aromatic rings. The van der Waals surface area contributed by atoms with E-state index in [-0.39, 0.29) is 12.5 Å². The van der Waals surface area contributed by atoms with E-state index in [1.807, 2.05) is 0 Å². The van der Waals surface area contributed by atoms with E-state index in [9.17, 15) is 4.79 Å². The number of nitrogens with one attached hydrogen (secondary N) is 1. The van der Waals surface area contributed by atoms with E-state index >= 15 is 0 Å². The molecule has 5 nitrogen and oxygen atoms in total. The van der Waals surface area contributed by atoms with Gasteiger partial charge >= 0.3 is 0 Å². The highest BCUT2D eigenvalue weighted by Crippen LogP contribution is 2.08. The minimum Gasteiger partial charge on any atom is -0.396 e. The van der Waals surface area contributed by atoms with Gasteiger partial charge in [-0.3, -0.25) is 4.79 Å². The van der Waals surface area contributed by atoms with Crippen LogP contribution in [-0.4, -0.2) is 48.1 Å². The van der Waals surface area contributed by atoms with Crippen LogP contribution >= 0.6 is 0 Å². The summed E-state index contributed by atoms with van der Waals surface area (Å²) in [5.41, 5.74) is 0.578. The number of nitrogens with zero attached hydrogens (tertiary/aromatic N) is 2. The Hall–Kier alpha value is -1.62. The van der Waals surface area contributed by atoms with Gasteiger partial charge < -0.3 is 15.3 Å². The Balaban J connectivity index is 2.53. The SMILES string of the molecule is CC(CCO)CNc1ccc(C(=O)N(C)C)cn1. The van der Waals surface area contributed by atoms with Crippen molar-refractivity contribution in [3.63, 3.8) is 0 Å². The lowest BCUT2D eigenvalue weighted by Gasteiger charge is -2.13. The molecule has 1 rings (SSSR count). The van der Waals surface area contributed by atoms with Crippen LogP contribution in [0, 0.1) is 5.92 Å². The van der Waals surface area contributed by atoms with Gasteiger partial charge in [-0.15, -0.1) is 0 Å². The maximum absolute atomic E-state index is 11.6. The first kappa shape index (κ1) is 14.4. The highest BCUT2D eigenvalue weighted by molar-refractivity contribution is 5.93. The number of aliphatic hydroxyl groups is 1. The lowest BCUT2D eigenvalue weighted by Crippen LogP contribution is -2.22. The molecule has 0 spiro atoms. The minimum atomic E-state index is -0.0531. The third-order valence-electron chi connectivity index (χ3n) is 2.67. The minimum absolute atomic E-state index is 0.0531. The van der Waals surface area contributed by atoms with Gasteiger partial charge in [-0.1, -0.05) is 6.92 Å². The molecule has 0 aliphatic heterocycles. The fourth-order valence-corrected chi connectivity index (χ4v) is 1.48. The van der Waals surface area contributed by atoms with Crippen LogP contribution in [0.4, 0.5) is 5.82 Å². The Morgan fingerprint density at radius 1 is 1.50 bits per heavy atom. The quantitative estimate of drug-likeness (QED) is 0.797. The summed E-state index contributed by atoms with van der Waals surface area (Å²) in [6.07, 6.45) is 2.34. The van der Waals surface area contributed by atoms with Gasteiger partial charge in [0.05, 0.1) is 5.56 Å². The Bertz CT molecular complexity index is 376. The van der Waals surface area contributed by atoms with E-state index in [0.29, 0.717) is 11.5 Å². The molecule has 18 heavy (non-hydrogen) atoms. The second kappa shape index (κ2) is 6.96. The highest BCUT2D eigenvalue weighted by Gasteiger charge is 2.08. The summed E-state index contributed by atoms with van der Waals surface area (Å²) in [5, 5.41) is 12.0. The van der Waals surface area contributed by atoms with E-state index < -0.39 is 0 Å². The van der Waals surface area contributed by atoms with Gasteiger partial charge in [-0.05, 0) is 24.5 Å². The lowest BCUT2D eigenvalue weighted by molar-refractivity contribution is 0.0827. The van der Waals surface area contributed by atoms with Gasteiger partial charge in [0, 0.05) is 33.4 Å². The number of hydrogen-bond acceptors (Lipinski definition) is 4. The van der Waals surface area contributed by atoms with Gasteiger partial charge in [-0.2, -0.15) is 0 Å². The van der Waals surface area contributed by atoms with Crippen molar-refractivity contribution in [2.75, 3.05) is 32.6 Å². The van der Waals surface area contributed by atoms with E-state index in [4.69, 9.17) is 5.11 Å². The fourth-order valence-electron chi connectivity index (χ4n) is 1.48. The first-order chi connectivity index (χ1) is 8.54. The van der Waals surface area contributed by atoms with Gasteiger partial charge in [0.15, 0.2) is 0 Å². The average molecular weight is 251 g/mol. The summed E-state index contributed by atoms with van der Waals surface area (Å²) < 4.78 is 0. The number of amides is 1. The van der Waals surface area contributed by atoms with Crippen LogP contribution < -0.4 is 5.32 Å². The predicted molar refractivity (Wildman–Crippen MR) is 71.6 cm³/mol. The first-order valence-corrected chi connectivity index (χ1v) is 6.07. The molecular weight excluding hydrogens is 230 g/mol. The molecule has 100 valence electrons. The molecule has 0 saturated heterocycles. The number of aromatic nitrogens is 1. The summed E-state index contributed by atoms with van der Waals surface area (Å²) in [6, 6.07) is 3.55. The van der Waals surface area contributed by atoms with Gasteiger partial charge in [0.1, 0.15) is 5.82 Å². The molecule has 0 fully saturated rings. The van der Waals surface area contributed by atoms with Crippen LogP contribution in [0.25, 0.3) is 0 Å². The van der Waals surface area contributed by atoms with Crippen molar-refractivity contribution < 1.29 is 9.90 Å². The van der Waals surface area contributed by atoms with Crippen molar-refractivity contribution in [1.82, 2.24) is 9.88 Å². The first-order valence-electron chi connectivity index (χ1n) is 6.07. The van der Waals surface area contributed by atoms with Crippen LogP contribution in [0.1, 0.15) is 23.7 Å². The Labute approximate surface area is 108 Å². The number of pyridine rings is 1. The van der Waals surface area contributed by atoms with Crippen molar-refractivity contribution in [3.8, 4) is 0 Å². The monoisotopic (exact) mass is 251 g/mol. The molecule has 1 amide bonds. The third-order valence-corrected chi connectivity index (χ3v) is 2.67. The molecule has 0 aliphatic rings. The molecule has 1 aromatic heterocycles. The summed E-state index contributed by atoms with van der Waals surface area (Å²) >= 11 is 0. The average Bonchev–Trinajstić information content (AvgIpc) is 2.36. The van der Waals surface area contributed by atoms with Crippen molar-refractivity contribution in [1.29, 1.82) is 0 Å². The zero-order valence-electron chi connectivity index (χ0n) is 11.2. The van der Waals surface area contributed by atoms with Crippen molar-refractivity contribution in [3.05, 3.63) is 23.9 Å². The maximum Gasteiger partial charge on any atom is 0.254 e. The van der Waals surface area contributed by atoms with Crippen LogP contribution in [0.15, 0.2) is 18.3 Å². The van der Waals surface area contributed by atoms with Crippen molar-refractivity contribution >= 4 is 11.7 Å². The third kappa shape index (κ3) is 4.33. The van der Waals surface area contributed by atoms with Gasteiger partial charge in [0.2, 0.25) is 0 Å². The molecule has 0 bridgehead atoms. The molecule has 0 aliphatic carbocycles. The molecule has 1 heterocycles. The Kier molecular flexibility index (Phi) is 5.58. The largest absolute Gasteiger partial charge is 0.396 e. The zero-order chi connectivity index (χ0) is 13.5. The van der Waals surface area contributed by atoms with E-state index in [0.717, 1.165) is 18.8 Å². The molecule has 1 unspecified atom stereocenters. The number of rotatable bonds is 6. The van der Waals surface area contributed by atoms with E-state index in [1.54, 1.807) is 32.4 Å². The molecule has 1 atom stereocenters.